The van der Waals surface area contributed by atoms with Gasteiger partial charge < -0.3 is 5.32 Å². The van der Waals surface area contributed by atoms with Crippen LogP contribution in [0, 0.1) is 19.7 Å². The molecule has 0 spiro atoms. The molecule has 34 heavy (non-hydrogen) atoms. The second kappa shape index (κ2) is 9.01. The van der Waals surface area contributed by atoms with Crippen LogP contribution in [0.1, 0.15) is 92.2 Å². The summed E-state index contributed by atoms with van der Waals surface area (Å²) in [7, 11) is 0. The maximum Gasteiger partial charge on any atom is 0.169 e. The SMILES string of the molecule is CCC(CC)(CC(=O)c1c(C)nn2c1N[C@H](c1ccccc1F)CC2(C)C)c1ccc(C)cc1. The molecule has 2 aromatic carbocycles. The molecule has 1 atom stereocenters. The Hall–Kier alpha value is -2.95. The molecule has 3 aromatic rings. The first kappa shape index (κ1) is 24.2. The van der Waals surface area contributed by atoms with E-state index < -0.39 is 0 Å². The Morgan fingerprint density at radius 1 is 1.12 bits per heavy atom. The molecule has 0 radical (unpaired) electrons. The number of hydrogen-bond acceptors (Lipinski definition) is 3. The van der Waals surface area contributed by atoms with E-state index in [1.807, 2.05) is 23.7 Å². The summed E-state index contributed by atoms with van der Waals surface area (Å²) in [6, 6.07) is 15.2. The third-order valence-corrected chi connectivity index (χ3v) is 7.72. The van der Waals surface area contributed by atoms with Crippen molar-refractivity contribution >= 4 is 11.6 Å². The molecule has 1 aliphatic rings. The highest BCUT2D eigenvalue weighted by atomic mass is 19.1. The molecule has 0 saturated carbocycles. The highest BCUT2D eigenvalue weighted by Crippen LogP contribution is 2.43. The Labute approximate surface area is 202 Å². The molecule has 2 heterocycles. The standard InChI is InChI=1S/C29H36FN3O/c1-7-29(8-2,21-15-13-19(3)14-16-21)18-25(34)26-20(4)32-33-27(26)31-24(17-28(33,5)6)22-11-9-10-12-23(22)30/h9-16,24,31H,7-8,17-18H2,1-6H3/t24-/m0/s1. The average Bonchev–Trinajstić information content (AvgIpc) is 3.15. The molecule has 0 saturated heterocycles. The highest BCUT2D eigenvalue weighted by Gasteiger charge is 2.40. The van der Waals surface area contributed by atoms with E-state index in [-0.39, 0.29) is 28.6 Å². The van der Waals surface area contributed by atoms with Crippen LogP contribution in [0.4, 0.5) is 10.2 Å². The van der Waals surface area contributed by atoms with E-state index in [9.17, 15) is 9.18 Å². The number of fused-ring (bicyclic) bond motifs is 1. The van der Waals surface area contributed by atoms with Gasteiger partial charge in [0.25, 0.3) is 0 Å². The van der Waals surface area contributed by atoms with Crippen LogP contribution in [0.2, 0.25) is 0 Å². The van der Waals surface area contributed by atoms with Crippen LogP contribution >= 0.6 is 0 Å². The van der Waals surface area contributed by atoms with Gasteiger partial charge in [0, 0.05) is 17.4 Å². The first-order chi connectivity index (χ1) is 16.1. The zero-order valence-corrected chi connectivity index (χ0v) is 21.2. The zero-order chi connectivity index (χ0) is 24.7. The molecule has 4 rings (SSSR count). The third kappa shape index (κ3) is 4.17. The van der Waals surface area contributed by atoms with E-state index in [0.29, 0.717) is 29.8 Å². The number of nitrogens with zero attached hydrogens (tertiary/aromatic N) is 2. The number of Topliss-reactive ketones (excluding diaryl/α,β-unsaturated/α-hetero) is 1. The van der Waals surface area contributed by atoms with Crippen molar-refractivity contribution in [1.82, 2.24) is 9.78 Å². The molecule has 1 N–H and O–H groups in total. The van der Waals surface area contributed by atoms with Gasteiger partial charge in [-0.05, 0) is 58.6 Å². The molecule has 0 amide bonds. The molecule has 5 heteroatoms. The van der Waals surface area contributed by atoms with Gasteiger partial charge >= 0.3 is 0 Å². The lowest BCUT2D eigenvalue weighted by molar-refractivity contribution is 0.0944. The molecule has 0 fully saturated rings. The fraction of sp³-hybridized carbons (Fsp3) is 0.448. The summed E-state index contributed by atoms with van der Waals surface area (Å²) >= 11 is 0. The van der Waals surface area contributed by atoms with Crippen molar-refractivity contribution in [3.63, 3.8) is 0 Å². The van der Waals surface area contributed by atoms with E-state index in [1.54, 1.807) is 6.07 Å². The first-order valence-corrected chi connectivity index (χ1v) is 12.3. The molecule has 0 unspecified atom stereocenters. The fourth-order valence-corrected chi connectivity index (χ4v) is 5.49. The summed E-state index contributed by atoms with van der Waals surface area (Å²) in [5.74, 6) is 0.557. The second-order valence-corrected chi connectivity index (χ2v) is 10.4. The summed E-state index contributed by atoms with van der Waals surface area (Å²) in [6.45, 7) is 12.5. The van der Waals surface area contributed by atoms with Crippen LogP contribution < -0.4 is 5.32 Å². The summed E-state index contributed by atoms with van der Waals surface area (Å²) in [5.41, 5.74) is 3.79. The lowest BCUT2D eigenvalue weighted by atomic mass is 9.71. The number of aromatic nitrogens is 2. The van der Waals surface area contributed by atoms with Gasteiger partial charge in [0.2, 0.25) is 0 Å². The van der Waals surface area contributed by atoms with Crippen molar-refractivity contribution in [2.75, 3.05) is 5.32 Å². The van der Waals surface area contributed by atoms with Crippen LogP contribution in [0.3, 0.4) is 0 Å². The third-order valence-electron chi connectivity index (χ3n) is 7.72. The van der Waals surface area contributed by atoms with Crippen LogP contribution in [-0.4, -0.2) is 15.6 Å². The van der Waals surface area contributed by atoms with Crippen molar-refractivity contribution in [2.24, 2.45) is 0 Å². The van der Waals surface area contributed by atoms with Crippen molar-refractivity contribution in [3.05, 3.63) is 82.3 Å². The molecular weight excluding hydrogens is 425 g/mol. The predicted molar refractivity (Wildman–Crippen MR) is 136 cm³/mol. The summed E-state index contributed by atoms with van der Waals surface area (Å²) in [4.78, 5) is 13.9. The Balaban J connectivity index is 1.74. The van der Waals surface area contributed by atoms with Crippen LogP contribution in [0.5, 0.6) is 0 Å². The van der Waals surface area contributed by atoms with Gasteiger partial charge in [-0.25, -0.2) is 9.07 Å². The molecule has 0 bridgehead atoms. The average molecular weight is 462 g/mol. The number of rotatable bonds is 7. The Morgan fingerprint density at radius 3 is 2.38 bits per heavy atom. The summed E-state index contributed by atoms with van der Waals surface area (Å²) < 4.78 is 16.6. The van der Waals surface area contributed by atoms with Crippen molar-refractivity contribution < 1.29 is 9.18 Å². The number of aryl methyl sites for hydroxylation is 2. The summed E-state index contributed by atoms with van der Waals surface area (Å²) in [5, 5.41) is 8.27. The largest absolute Gasteiger partial charge is 0.363 e. The topological polar surface area (TPSA) is 46.9 Å². The summed E-state index contributed by atoms with van der Waals surface area (Å²) in [6.07, 6.45) is 2.83. The fourth-order valence-electron chi connectivity index (χ4n) is 5.49. The van der Waals surface area contributed by atoms with Crippen LogP contribution in [0.25, 0.3) is 0 Å². The van der Waals surface area contributed by atoms with E-state index in [2.05, 4.69) is 64.2 Å². The molecule has 1 aliphatic heterocycles. The molecular formula is C29H36FN3O. The van der Waals surface area contributed by atoms with E-state index >= 15 is 0 Å². The smallest absolute Gasteiger partial charge is 0.169 e. The molecule has 4 nitrogen and oxygen atoms in total. The lowest BCUT2D eigenvalue weighted by Gasteiger charge is -2.38. The Morgan fingerprint density at radius 2 is 1.76 bits per heavy atom. The monoisotopic (exact) mass is 461 g/mol. The number of carbonyl (C=O) groups excluding carboxylic acids is 1. The van der Waals surface area contributed by atoms with Gasteiger partial charge in [0.1, 0.15) is 11.6 Å². The number of benzene rings is 2. The minimum Gasteiger partial charge on any atom is -0.363 e. The van der Waals surface area contributed by atoms with Gasteiger partial charge in [-0.3, -0.25) is 4.79 Å². The van der Waals surface area contributed by atoms with Crippen molar-refractivity contribution in [3.8, 4) is 0 Å². The molecule has 0 aliphatic carbocycles. The lowest BCUT2D eigenvalue weighted by Crippen LogP contribution is -2.38. The number of halogens is 1. The number of carbonyl (C=O) groups is 1. The molecule has 1 aromatic heterocycles. The number of nitrogens with one attached hydrogen (secondary N) is 1. The van der Waals surface area contributed by atoms with Gasteiger partial charge in [-0.15, -0.1) is 0 Å². The van der Waals surface area contributed by atoms with Crippen LogP contribution in [0.15, 0.2) is 48.5 Å². The first-order valence-electron chi connectivity index (χ1n) is 12.3. The van der Waals surface area contributed by atoms with Crippen LogP contribution in [-0.2, 0) is 11.0 Å². The predicted octanol–water partition coefficient (Wildman–Crippen LogP) is 7.26. The maximum atomic E-state index is 14.7. The number of ketones is 1. The van der Waals surface area contributed by atoms with Gasteiger partial charge in [-0.2, -0.15) is 5.10 Å². The number of hydrogen-bond donors (Lipinski definition) is 1. The Bertz CT molecular complexity index is 1190. The van der Waals surface area contributed by atoms with Crippen molar-refractivity contribution in [2.45, 2.75) is 84.2 Å². The molecule has 180 valence electrons. The highest BCUT2D eigenvalue weighted by molar-refractivity contribution is 6.02. The van der Waals surface area contributed by atoms with Gasteiger partial charge in [-0.1, -0.05) is 61.9 Å². The second-order valence-electron chi connectivity index (χ2n) is 10.4. The minimum absolute atomic E-state index is 0.0838. The zero-order valence-electron chi connectivity index (χ0n) is 21.2. The van der Waals surface area contributed by atoms with E-state index in [1.165, 1.54) is 17.2 Å². The van der Waals surface area contributed by atoms with Crippen molar-refractivity contribution in [1.29, 1.82) is 0 Å². The van der Waals surface area contributed by atoms with Gasteiger partial charge in [0.05, 0.1) is 22.8 Å². The van der Waals surface area contributed by atoms with E-state index in [4.69, 9.17) is 5.10 Å². The Kier molecular flexibility index (Phi) is 6.41. The number of anilines is 1. The quantitative estimate of drug-likeness (QED) is 0.377. The minimum atomic E-state index is -0.361. The normalized spacial score (nSPS) is 17.2. The van der Waals surface area contributed by atoms with Gasteiger partial charge in [0.15, 0.2) is 5.78 Å². The maximum absolute atomic E-state index is 14.7. The van der Waals surface area contributed by atoms with E-state index in [0.717, 1.165) is 18.5 Å².